The Balaban J connectivity index is 1.53. The highest BCUT2D eigenvalue weighted by molar-refractivity contribution is 6.00. The van der Waals surface area contributed by atoms with Crippen molar-refractivity contribution in [3.05, 3.63) is 30.2 Å². The fourth-order valence-electron chi connectivity index (χ4n) is 3.62. The van der Waals surface area contributed by atoms with E-state index in [1.54, 1.807) is 10.7 Å². The fraction of sp³-hybridized carbons (Fsp3) is 0.533. The van der Waals surface area contributed by atoms with Gasteiger partial charge in [-0.25, -0.2) is 0 Å². The van der Waals surface area contributed by atoms with Gasteiger partial charge in [0.05, 0.1) is 5.56 Å². The number of aromatic nitrogens is 3. The van der Waals surface area contributed by atoms with E-state index in [1.807, 2.05) is 18.3 Å². The molecule has 2 aromatic rings. The molecule has 1 unspecified atom stereocenters. The van der Waals surface area contributed by atoms with Crippen molar-refractivity contribution in [1.82, 2.24) is 19.9 Å². The standard InChI is InChI=1S/C15H18N4O/c20-14(11-5-4-8-19-10-16-18-13(11)19)17-12-9-15(12)6-2-1-3-7-15/h4-5,8,10,12H,1-3,6-7,9H2,(H,17,20). The van der Waals surface area contributed by atoms with Crippen LogP contribution >= 0.6 is 0 Å². The van der Waals surface area contributed by atoms with Crippen molar-refractivity contribution in [3.63, 3.8) is 0 Å². The van der Waals surface area contributed by atoms with Crippen molar-refractivity contribution in [2.24, 2.45) is 5.41 Å². The summed E-state index contributed by atoms with van der Waals surface area (Å²) >= 11 is 0. The summed E-state index contributed by atoms with van der Waals surface area (Å²) in [6, 6.07) is 4.03. The molecule has 1 N–H and O–H groups in total. The minimum Gasteiger partial charge on any atom is -0.349 e. The van der Waals surface area contributed by atoms with Gasteiger partial charge in [0.2, 0.25) is 0 Å². The summed E-state index contributed by atoms with van der Waals surface area (Å²) in [5, 5.41) is 11.1. The van der Waals surface area contributed by atoms with Crippen LogP contribution < -0.4 is 5.32 Å². The zero-order valence-corrected chi connectivity index (χ0v) is 11.4. The Morgan fingerprint density at radius 1 is 1.35 bits per heavy atom. The molecule has 0 bridgehead atoms. The molecule has 2 aromatic heterocycles. The molecule has 1 amide bonds. The number of nitrogens with one attached hydrogen (secondary N) is 1. The van der Waals surface area contributed by atoms with E-state index < -0.39 is 0 Å². The third kappa shape index (κ3) is 1.80. The first kappa shape index (κ1) is 11.9. The molecule has 0 aliphatic heterocycles. The lowest BCUT2D eigenvalue weighted by Gasteiger charge is -2.22. The molecule has 4 rings (SSSR count). The summed E-state index contributed by atoms with van der Waals surface area (Å²) < 4.78 is 1.78. The molecule has 2 aliphatic carbocycles. The summed E-state index contributed by atoms with van der Waals surface area (Å²) in [5.74, 6) is -0.0175. The third-order valence-corrected chi connectivity index (χ3v) is 4.91. The lowest BCUT2D eigenvalue weighted by atomic mass is 9.86. The predicted octanol–water partition coefficient (Wildman–Crippen LogP) is 2.18. The Kier molecular flexibility index (Phi) is 2.55. The Bertz CT molecular complexity index is 657. The lowest BCUT2D eigenvalue weighted by molar-refractivity contribution is 0.0943. The maximum absolute atomic E-state index is 12.4. The number of nitrogens with zero attached hydrogens (tertiary/aromatic N) is 3. The molecule has 5 nitrogen and oxygen atoms in total. The van der Waals surface area contributed by atoms with Crippen LogP contribution in [-0.2, 0) is 0 Å². The molecule has 2 fully saturated rings. The van der Waals surface area contributed by atoms with E-state index in [0.717, 1.165) is 6.42 Å². The summed E-state index contributed by atoms with van der Waals surface area (Å²) in [7, 11) is 0. The Labute approximate surface area is 117 Å². The number of hydrogen-bond acceptors (Lipinski definition) is 3. The number of rotatable bonds is 2. The summed E-state index contributed by atoms with van der Waals surface area (Å²) in [6.45, 7) is 0. The summed E-state index contributed by atoms with van der Waals surface area (Å²) in [5.41, 5.74) is 1.65. The molecule has 1 atom stereocenters. The van der Waals surface area contributed by atoms with Crippen molar-refractivity contribution in [1.29, 1.82) is 0 Å². The number of carbonyl (C=O) groups is 1. The van der Waals surface area contributed by atoms with E-state index in [9.17, 15) is 4.79 Å². The zero-order chi connectivity index (χ0) is 13.6. The van der Waals surface area contributed by atoms with Crippen LogP contribution in [0.25, 0.3) is 5.65 Å². The van der Waals surface area contributed by atoms with Crippen molar-refractivity contribution < 1.29 is 4.79 Å². The van der Waals surface area contributed by atoms with Gasteiger partial charge in [-0.15, -0.1) is 10.2 Å². The molecule has 0 aromatic carbocycles. The minimum atomic E-state index is -0.0175. The highest BCUT2D eigenvalue weighted by Crippen LogP contribution is 2.56. The van der Waals surface area contributed by atoms with E-state index in [0.29, 0.717) is 22.7 Å². The van der Waals surface area contributed by atoms with Crippen LogP contribution in [-0.4, -0.2) is 26.5 Å². The normalized spacial score (nSPS) is 23.9. The molecule has 2 aliphatic rings. The van der Waals surface area contributed by atoms with Gasteiger partial charge in [-0.1, -0.05) is 19.3 Å². The first-order chi connectivity index (χ1) is 9.78. The van der Waals surface area contributed by atoms with Crippen LogP contribution in [0.1, 0.15) is 48.9 Å². The highest BCUT2D eigenvalue weighted by Gasteiger charge is 2.54. The quantitative estimate of drug-likeness (QED) is 0.910. The number of amides is 1. The maximum Gasteiger partial charge on any atom is 0.255 e. The van der Waals surface area contributed by atoms with Gasteiger partial charge in [-0.3, -0.25) is 9.20 Å². The monoisotopic (exact) mass is 270 g/mol. The van der Waals surface area contributed by atoms with Gasteiger partial charge in [-0.05, 0) is 36.8 Å². The van der Waals surface area contributed by atoms with Gasteiger partial charge in [0, 0.05) is 12.2 Å². The van der Waals surface area contributed by atoms with Crippen molar-refractivity contribution >= 4 is 11.6 Å². The van der Waals surface area contributed by atoms with E-state index >= 15 is 0 Å². The molecule has 0 radical (unpaired) electrons. The smallest absolute Gasteiger partial charge is 0.255 e. The average Bonchev–Trinajstić information content (AvgIpc) is 2.90. The second-order valence-electron chi connectivity index (χ2n) is 6.14. The number of pyridine rings is 1. The Hall–Kier alpha value is -1.91. The van der Waals surface area contributed by atoms with Crippen molar-refractivity contribution in [3.8, 4) is 0 Å². The number of carbonyl (C=O) groups excluding carboxylic acids is 1. The number of fused-ring (bicyclic) bond motifs is 1. The maximum atomic E-state index is 12.4. The van der Waals surface area contributed by atoms with Gasteiger partial charge in [-0.2, -0.15) is 0 Å². The molecule has 2 saturated carbocycles. The third-order valence-electron chi connectivity index (χ3n) is 4.91. The molecule has 0 saturated heterocycles. The molecule has 1 spiro atoms. The predicted molar refractivity (Wildman–Crippen MR) is 74.4 cm³/mol. The van der Waals surface area contributed by atoms with Gasteiger partial charge in [0.1, 0.15) is 6.33 Å². The van der Waals surface area contributed by atoms with Crippen LogP contribution in [0, 0.1) is 5.41 Å². The Morgan fingerprint density at radius 2 is 2.20 bits per heavy atom. The van der Waals surface area contributed by atoms with E-state index in [4.69, 9.17) is 0 Å². The van der Waals surface area contributed by atoms with Gasteiger partial charge in [0.15, 0.2) is 5.65 Å². The Morgan fingerprint density at radius 3 is 3.05 bits per heavy atom. The lowest BCUT2D eigenvalue weighted by Crippen LogP contribution is -2.31. The van der Waals surface area contributed by atoms with Crippen LogP contribution in [0.3, 0.4) is 0 Å². The van der Waals surface area contributed by atoms with Crippen LogP contribution in [0.5, 0.6) is 0 Å². The summed E-state index contributed by atoms with van der Waals surface area (Å²) in [4.78, 5) is 12.4. The van der Waals surface area contributed by atoms with E-state index in [2.05, 4.69) is 15.5 Å². The SMILES string of the molecule is O=C(NC1CC12CCCCC2)c1cccn2cnnc12. The number of hydrogen-bond donors (Lipinski definition) is 1. The molecule has 20 heavy (non-hydrogen) atoms. The average molecular weight is 270 g/mol. The first-order valence-electron chi connectivity index (χ1n) is 7.38. The molecular formula is C15H18N4O. The highest BCUT2D eigenvalue weighted by atomic mass is 16.1. The van der Waals surface area contributed by atoms with Crippen molar-refractivity contribution in [2.45, 2.75) is 44.6 Å². The topological polar surface area (TPSA) is 59.3 Å². The first-order valence-corrected chi connectivity index (χ1v) is 7.38. The molecule has 5 heteroatoms. The van der Waals surface area contributed by atoms with Gasteiger partial charge < -0.3 is 5.32 Å². The van der Waals surface area contributed by atoms with E-state index in [1.165, 1.54) is 32.1 Å². The molecule has 2 heterocycles. The van der Waals surface area contributed by atoms with Gasteiger partial charge >= 0.3 is 0 Å². The second kappa shape index (κ2) is 4.30. The van der Waals surface area contributed by atoms with Crippen LogP contribution in [0.15, 0.2) is 24.7 Å². The van der Waals surface area contributed by atoms with Crippen molar-refractivity contribution in [2.75, 3.05) is 0 Å². The van der Waals surface area contributed by atoms with Crippen LogP contribution in [0.2, 0.25) is 0 Å². The second-order valence-corrected chi connectivity index (χ2v) is 6.14. The minimum absolute atomic E-state index is 0.0175. The molecule has 104 valence electrons. The zero-order valence-electron chi connectivity index (χ0n) is 11.4. The summed E-state index contributed by atoms with van der Waals surface area (Å²) in [6.07, 6.45) is 11.1. The molecular weight excluding hydrogens is 252 g/mol. The van der Waals surface area contributed by atoms with E-state index in [-0.39, 0.29) is 5.91 Å². The fourth-order valence-corrected chi connectivity index (χ4v) is 3.62. The largest absolute Gasteiger partial charge is 0.349 e. The van der Waals surface area contributed by atoms with Gasteiger partial charge in [0.25, 0.3) is 5.91 Å². The van der Waals surface area contributed by atoms with Crippen LogP contribution in [0.4, 0.5) is 0 Å².